The van der Waals surface area contributed by atoms with Gasteiger partial charge in [0.1, 0.15) is 17.5 Å². The van der Waals surface area contributed by atoms with Gasteiger partial charge < -0.3 is 10.6 Å². The van der Waals surface area contributed by atoms with Crippen molar-refractivity contribution >= 4 is 17.5 Å². The Bertz CT molecular complexity index is 718. The van der Waals surface area contributed by atoms with Crippen LogP contribution in [0.4, 0.5) is 18.9 Å². The molecule has 0 heterocycles. The second kappa shape index (κ2) is 7.44. The molecule has 0 saturated carbocycles. The molecule has 120 valence electrons. The lowest BCUT2D eigenvalue weighted by atomic mass is 10.1. The summed E-state index contributed by atoms with van der Waals surface area (Å²) in [5, 5.41) is 4.41. The minimum Gasteiger partial charge on any atom is -0.347 e. The largest absolute Gasteiger partial charge is 0.347 e. The Morgan fingerprint density at radius 1 is 0.870 bits per heavy atom. The average molecular weight is 322 g/mol. The maximum Gasteiger partial charge on any atom is 0.313 e. The predicted molar refractivity (Wildman–Crippen MR) is 78.1 cm³/mol. The molecule has 0 fully saturated rings. The van der Waals surface area contributed by atoms with Crippen LogP contribution in [-0.4, -0.2) is 18.4 Å². The van der Waals surface area contributed by atoms with Gasteiger partial charge in [-0.15, -0.1) is 0 Å². The minimum absolute atomic E-state index is 0.157. The van der Waals surface area contributed by atoms with Gasteiger partial charge in [-0.05, 0) is 36.2 Å². The Labute approximate surface area is 130 Å². The fourth-order valence-electron chi connectivity index (χ4n) is 1.82. The normalized spacial score (nSPS) is 10.2. The van der Waals surface area contributed by atoms with Gasteiger partial charge in [0.05, 0.1) is 5.69 Å². The maximum atomic E-state index is 13.4. The molecule has 4 nitrogen and oxygen atoms in total. The van der Waals surface area contributed by atoms with Crippen molar-refractivity contribution in [2.75, 3.05) is 11.9 Å². The van der Waals surface area contributed by atoms with E-state index in [0.29, 0.717) is 12.5 Å². The van der Waals surface area contributed by atoms with Gasteiger partial charge in [0, 0.05) is 12.6 Å². The van der Waals surface area contributed by atoms with Crippen LogP contribution in [0.5, 0.6) is 0 Å². The summed E-state index contributed by atoms with van der Waals surface area (Å²) in [4.78, 5) is 23.2. The molecule has 0 spiro atoms. The molecule has 0 atom stereocenters. The van der Waals surface area contributed by atoms with E-state index in [4.69, 9.17) is 0 Å². The number of hydrogen-bond donors (Lipinski definition) is 2. The van der Waals surface area contributed by atoms with E-state index < -0.39 is 23.4 Å². The highest BCUT2D eigenvalue weighted by Gasteiger charge is 2.15. The van der Waals surface area contributed by atoms with E-state index in [2.05, 4.69) is 10.6 Å². The van der Waals surface area contributed by atoms with Crippen LogP contribution in [0.25, 0.3) is 0 Å². The van der Waals surface area contributed by atoms with Crippen molar-refractivity contribution in [1.82, 2.24) is 5.32 Å². The van der Waals surface area contributed by atoms with Gasteiger partial charge in [-0.25, -0.2) is 13.2 Å². The van der Waals surface area contributed by atoms with E-state index >= 15 is 0 Å². The van der Waals surface area contributed by atoms with Crippen molar-refractivity contribution in [2.24, 2.45) is 0 Å². The van der Waals surface area contributed by atoms with Crippen molar-refractivity contribution < 1.29 is 22.8 Å². The molecule has 2 amide bonds. The molecule has 0 saturated heterocycles. The van der Waals surface area contributed by atoms with Gasteiger partial charge in [-0.2, -0.15) is 0 Å². The molecule has 0 unspecified atom stereocenters. The monoisotopic (exact) mass is 322 g/mol. The summed E-state index contributed by atoms with van der Waals surface area (Å²) in [5.41, 5.74) is 0.502. The SMILES string of the molecule is O=C(NCCc1ccc(F)cc1)C(=O)Nc1ccc(F)cc1F. The van der Waals surface area contributed by atoms with Crippen LogP contribution >= 0.6 is 0 Å². The van der Waals surface area contributed by atoms with E-state index in [0.717, 1.165) is 17.7 Å². The van der Waals surface area contributed by atoms with Gasteiger partial charge >= 0.3 is 11.8 Å². The van der Waals surface area contributed by atoms with E-state index in [1.807, 2.05) is 0 Å². The third-order valence-corrected chi connectivity index (χ3v) is 3.00. The number of amides is 2. The van der Waals surface area contributed by atoms with Crippen molar-refractivity contribution in [2.45, 2.75) is 6.42 Å². The third kappa shape index (κ3) is 4.84. The molecular weight excluding hydrogens is 309 g/mol. The zero-order valence-corrected chi connectivity index (χ0v) is 11.9. The highest BCUT2D eigenvalue weighted by molar-refractivity contribution is 6.39. The van der Waals surface area contributed by atoms with E-state index in [9.17, 15) is 22.8 Å². The molecule has 7 heteroatoms. The Morgan fingerprint density at radius 3 is 2.17 bits per heavy atom. The first-order chi connectivity index (χ1) is 11.0. The van der Waals surface area contributed by atoms with Crippen LogP contribution in [-0.2, 0) is 16.0 Å². The second-order valence-electron chi connectivity index (χ2n) is 4.71. The first-order valence-electron chi connectivity index (χ1n) is 6.74. The van der Waals surface area contributed by atoms with E-state index in [1.54, 1.807) is 12.1 Å². The standard InChI is InChI=1S/C16H13F3N2O2/c17-11-3-1-10(2-4-11)7-8-20-15(22)16(23)21-14-6-5-12(18)9-13(14)19/h1-6,9H,7-8H2,(H,20,22)(H,21,23). The third-order valence-electron chi connectivity index (χ3n) is 3.00. The molecule has 0 aromatic heterocycles. The number of nitrogens with one attached hydrogen (secondary N) is 2. The number of benzene rings is 2. The summed E-state index contributed by atoms with van der Waals surface area (Å²) in [6.45, 7) is 0.157. The molecular formula is C16H13F3N2O2. The van der Waals surface area contributed by atoms with Crippen LogP contribution in [0.3, 0.4) is 0 Å². The second-order valence-corrected chi connectivity index (χ2v) is 4.71. The molecule has 0 aliphatic rings. The van der Waals surface area contributed by atoms with Crippen molar-refractivity contribution in [3.63, 3.8) is 0 Å². The summed E-state index contributed by atoms with van der Waals surface area (Å²) in [7, 11) is 0. The van der Waals surface area contributed by atoms with Crippen molar-refractivity contribution in [1.29, 1.82) is 0 Å². The zero-order valence-electron chi connectivity index (χ0n) is 11.9. The van der Waals surface area contributed by atoms with Gasteiger partial charge in [-0.3, -0.25) is 9.59 Å². The van der Waals surface area contributed by atoms with Crippen LogP contribution in [0.1, 0.15) is 5.56 Å². The summed E-state index contributed by atoms with van der Waals surface area (Å²) in [6.07, 6.45) is 0.407. The highest BCUT2D eigenvalue weighted by Crippen LogP contribution is 2.14. The molecule has 0 radical (unpaired) electrons. The predicted octanol–water partition coefficient (Wildman–Crippen LogP) is 2.40. The van der Waals surface area contributed by atoms with Gasteiger partial charge in [0.2, 0.25) is 0 Å². The molecule has 2 N–H and O–H groups in total. The molecule has 2 aromatic rings. The fourth-order valence-corrected chi connectivity index (χ4v) is 1.82. The molecule has 2 aromatic carbocycles. The lowest BCUT2D eigenvalue weighted by Crippen LogP contribution is -2.36. The number of anilines is 1. The van der Waals surface area contributed by atoms with Crippen LogP contribution in [0.15, 0.2) is 42.5 Å². The molecule has 0 aliphatic heterocycles. The first kappa shape index (κ1) is 16.5. The molecule has 2 rings (SSSR count). The minimum atomic E-state index is -1.06. The van der Waals surface area contributed by atoms with Crippen LogP contribution in [0, 0.1) is 17.5 Å². The van der Waals surface area contributed by atoms with E-state index in [1.165, 1.54) is 12.1 Å². The Kier molecular flexibility index (Phi) is 5.35. The summed E-state index contributed by atoms with van der Waals surface area (Å²) in [5.74, 6) is -4.13. The lowest BCUT2D eigenvalue weighted by molar-refractivity contribution is -0.136. The van der Waals surface area contributed by atoms with Crippen molar-refractivity contribution in [3.05, 3.63) is 65.5 Å². The first-order valence-corrected chi connectivity index (χ1v) is 6.74. The smallest absolute Gasteiger partial charge is 0.313 e. The highest BCUT2D eigenvalue weighted by atomic mass is 19.1. The maximum absolute atomic E-state index is 13.4. The molecule has 0 bridgehead atoms. The number of carbonyl (C=O) groups excluding carboxylic acids is 2. The van der Waals surface area contributed by atoms with E-state index in [-0.39, 0.29) is 18.0 Å². The Balaban J connectivity index is 1.83. The summed E-state index contributed by atoms with van der Waals surface area (Å²) >= 11 is 0. The Hall–Kier alpha value is -2.83. The van der Waals surface area contributed by atoms with Gasteiger partial charge in [0.25, 0.3) is 0 Å². The number of halogens is 3. The topological polar surface area (TPSA) is 58.2 Å². The lowest BCUT2D eigenvalue weighted by Gasteiger charge is -2.07. The number of carbonyl (C=O) groups is 2. The van der Waals surface area contributed by atoms with Gasteiger partial charge in [-0.1, -0.05) is 12.1 Å². The van der Waals surface area contributed by atoms with Gasteiger partial charge in [0.15, 0.2) is 0 Å². The summed E-state index contributed by atoms with van der Waals surface area (Å²) in [6, 6.07) is 8.30. The fraction of sp³-hybridized carbons (Fsp3) is 0.125. The number of rotatable bonds is 4. The quantitative estimate of drug-likeness (QED) is 0.849. The zero-order chi connectivity index (χ0) is 16.8. The number of hydrogen-bond acceptors (Lipinski definition) is 2. The summed E-state index contributed by atoms with van der Waals surface area (Å²) < 4.78 is 38.8. The van der Waals surface area contributed by atoms with Crippen molar-refractivity contribution in [3.8, 4) is 0 Å². The molecule has 0 aliphatic carbocycles. The molecule has 23 heavy (non-hydrogen) atoms. The van der Waals surface area contributed by atoms with Crippen LogP contribution in [0.2, 0.25) is 0 Å². The Morgan fingerprint density at radius 2 is 1.52 bits per heavy atom. The van der Waals surface area contributed by atoms with Crippen LogP contribution < -0.4 is 10.6 Å². The average Bonchev–Trinajstić information content (AvgIpc) is 2.51.